The molecule has 0 heterocycles. The van der Waals surface area contributed by atoms with E-state index >= 15 is 0 Å². The molecule has 3 rings (SSSR count). The summed E-state index contributed by atoms with van der Waals surface area (Å²) in [7, 11) is -10.5. The topological polar surface area (TPSA) is 242 Å². The molecule has 0 radical (unpaired) electrons. The van der Waals surface area contributed by atoms with Crippen LogP contribution < -0.4 is 9.05 Å². The van der Waals surface area contributed by atoms with Gasteiger partial charge in [0.2, 0.25) is 0 Å². The molecule has 0 aliphatic rings. The van der Waals surface area contributed by atoms with Gasteiger partial charge in [-0.25, -0.2) is 9.13 Å². The highest BCUT2D eigenvalue weighted by atomic mass is 31.2. The van der Waals surface area contributed by atoms with Crippen molar-refractivity contribution in [1.82, 2.24) is 0 Å². The van der Waals surface area contributed by atoms with E-state index < -0.39 is 27.2 Å². The zero-order valence-electron chi connectivity index (χ0n) is 35.9. The van der Waals surface area contributed by atoms with Crippen LogP contribution in [0.2, 0.25) is 0 Å². The number of hydrogen-bond donors (Lipinski definition) is 6. The van der Waals surface area contributed by atoms with Crippen molar-refractivity contribution in [3.05, 3.63) is 109 Å². The lowest BCUT2D eigenvalue weighted by Crippen LogP contribution is -2.10. The molecule has 61 heavy (non-hydrogen) atoms. The number of phosphoric ester groups is 2. The van der Waals surface area contributed by atoms with E-state index in [1.54, 1.807) is 27.7 Å². The number of aryl methyl sites for hydroxylation is 1. The smallest absolute Gasteiger partial charge is 0.512 e. The number of aromatic hydroxyl groups is 1. The minimum absolute atomic E-state index is 0.0246. The largest absolute Gasteiger partial charge is 0.524 e. The number of rotatable bonds is 24. The van der Waals surface area contributed by atoms with Gasteiger partial charge in [0.1, 0.15) is 17.2 Å². The third-order valence-corrected chi connectivity index (χ3v) is 10.7. The van der Waals surface area contributed by atoms with Crippen molar-refractivity contribution in [1.29, 1.82) is 0 Å². The van der Waals surface area contributed by atoms with Gasteiger partial charge in [-0.05, 0) is 116 Å². The van der Waals surface area contributed by atoms with E-state index in [4.69, 9.17) is 9.05 Å². The Hall–Kier alpha value is -4.68. The third kappa shape index (κ3) is 14.7. The van der Waals surface area contributed by atoms with E-state index in [0.29, 0.717) is 43.2 Å². The summed E-state index contributed by atoms with van der Waals surface area (Å²) in [4.78, 5) is 93.3. The molecule has 0 atom stereocenters. The van der Waals surface area contributed by atoms with Crippen LogP contribution >= 0.6 is 15.6 Å². The Morgan fingerprint density at radius 2 is 0.934 bits per heavy atom. The maximum Gasteiger partial charge on any atom is 0.524 e. The highest BCUT2D eigenvalue weighted by molar-refractivity contribution is 7.47. The van der Waals surface area contributed by atoms with Crippen LogP contribution in [0.25, 0.3) is 0 Å². The van der Waals surface area contributed by atoms with E-state index in [1.807, 2.05) is 13.8 Å². The van der Waals surface area contributed by atoms with Gasteiger partial charge in [-0.15, -0.1) is 0 Å². The van der Waals surface area contributed by atoms with Crippen LogP contribution in [0.3, 0.4) is 0 Å². The van der Waals surface area contributed by atoms with Crippen molar-refractivity contribution in [3.8, 4) is 17.2 Å². The quantitative estimate of drug-likeness (QED) is 0.0161. The molecule has 0 aliphatic carbocycles. The zero-order chi connectivity index (χ0) is 45.8. The summed E-state index contributed by atoms with van der Waals surface area (Å²) in [6.07, 6.45) is 3.62. The summed E-state index contributed by atoms with van der Waals surface area (Å²) in [5, 5.41) is 22.6. The molecule has 16 heteroatoms. The SMILES string of the molecule is CCCC(=O)c1cc(Cc2cc(C(=O)CCC)cc(CC)c2OP(=O)(O)O)c(O)c(Cc2cc(C(=O)CCC)cc(CC(=CC(C)=C(O)CCC)C(C)=O)c2OP(=O)(O)O)c1. The average Bonchev–Trinajstić information content (AvgIpc) is 3.16. The molecule has 0 unspecified atom stereocenters. The molecule has 3 aromatic carbocycles. The van der Waals surface area contributed by atoms with E-state index in [1.165, 1.54) is 49.4 Å². The number of phosphoric acid groups is 2. The fourth-order valence-electron chi connectivity index (χ4n) is 6.94. The molecule has 332 valence electrons. The molecule has 0 saturated carbocycles. The lowest BCUT2D eigenvalue weighted by Gasteiger charge is -2.21. The summed E-state index contributed by atoms with van der Waals surface area (Å²) in [6.45, 7) is 11.9. The molecule has 14 nitrogen and oxygen atoms in total. The van der Waals surface area contributed by atoms with Gasteiger partial charge in [0.25, 0.3) is 0 Å². The number of carbonyl (C=O) groups is 4. The fraction of sp³-hybridized carbons (Fsp3) is 0.422. The molecule has 0 bridgehead atoms. The first-order valence-electron chi connectivity index (χ1n) is 20.4. The van der Waals surface area contributed by atoms with Crippen LogP contribution in [0.15, 0.2) is 59.4 Å². The van der Waals surface area contributed by atoms with Crippen LogP contribution in [0, 0.1) is 0 Å². The van der Waals surface area contributed by atoms with Crippen LogP contribution in [0.5, 0.6) is 17.2 Å². The van der Waals surface area contributed by atoms with Gasteiger partial charge in [0.15, 0.2) is 23.1 Å². The van der Waals surface area contributed by atoms with Gasteiger partial charge >= 0.3 is 15.6 Å². The lowest BCUT2D eigenvalue weighted by molar-refractivity contribution is -0.113. The van der Waals surface area contributed by atoms with Gasteiger partial charge in [-0.2, -0.15) is 0 Å². The Balaban J connectivity index is 2.44. The number of hydrogen-bond acceptors (Lipinski definition) is 10. The Morgan fingerprint density at radius 1 is 0.574 bits per heavy atom. The maximum atomic E-state index is 13.5. The first-order valence-corrected chi connectivity index (χ1v) is 23.5. The van der Waals surface area contributed by atoms with Crippen molar-refractivity contribution in [2.24, 2.45) is 0 Å². The number of benzene rings is 3. The second kappa shape index (κ2) is 22.4. The maximum absolute atomic E-state index is 13.5. The summed E-state index contributed by atoms with van der Waals surface area (Å²) < 4.78 is 35.3. The van der Waals surface area contributed by atoms with Crippen molar-refractivity contribution in [2.75, 3.05) is 0 Å². The second-order valence-corrected chi connectivity index (χ2v) is 17.4. The van der Waals surface area contributed by atoms with E-state index in [2.05, 4.69) is 0 Å². The van der Waals surface area contributed by atoms with Crippen molar-refractivity contribution >= 4 is 38.8 Å². The molecule has 0 saturated heterocycles. The molecule has 0 aliphatic heterocycles. The first-order chi connectivity index (χ1) is 28.6. The normalized spacial score (nSPS) is 12.5. The monoisotopic (exact) mass is 884 g/mol. The van der Waals surface area contributed by atoms with E-state index in [-0.39, 0.29) is 130 Å². The van der Waals surface area contributed by atoms with Crippen LogP contribution in [0.4, 0.5) is 0 Å². The molecule has 0 amide bonds. The van der Waals surface area contributed by atoms with E-state index in [9.17, 15) is 58.1 Å². The van der Waals surface area contributed by atoms with Gasteiger partial charge in [-0.3, -0.25) is 38.8 Å². The first kappa shape index (κ1) is 50.7. The highest BCUT2D eigenvalue weighted by Crippen LogP contribution is 2.45. The number of carbonyl (C=O) groups excluding carboxylic acids is 4. The minimum Gasteiger partial charge on any atom is -0.512 e. The summed E-state index contributed by atoms with van der Waals surface area (Å²) in [6, 6.07) is 8.55. The Morgan fingerprint density at radius 3 is 1.30 bits per heavy atom. The summed E-state index contributed by atoms with van der Waals surface area (Å²) >= 11 is 0. The number of Topliss-reactive ketones (excluding diaryl/α,β-unsaturated/α-hetero) is 4. The molecule has 6 N–H and O–H groups in total. The Kier molecular flexibility index (Phi) is 18.6. The summed E-state index contributed by atoms with van der Waals surface area (Å²) in [5.74, 6) is -2.20. The number of phenols is 1. The number of allylic oxidation sites excluding steroid dienone is 4. The lowest BCUT2D eigenvalue weighted by atomic mass is 9.88. The molecule has 3 aromatic rings. The third-order valence-electron chi connectivity index (χ3n) is 9.88. The van der Waals surface area contributed by atoms with Crippen molar-refractivity contribution in [3.63, 3.8) is 0 Å². The van der Waals surface area contributed by atoms with Crippen LogP contribution in [-0.4, -0.2) is 52.9 Å². The number of aliphatic hydroxyl groups excluding tert-OH is 1. The van der Waals surface area contributed by atoms with Crippen LogP contribution in [-0.2, 0) is 39.6 Å². The number of ketones is 4. The van der Waals surface area contributed by atoms with Crippen molar-refractivity contribution in [2.45, 2.75) is 126 Å². The van der Waals surface area contributed by atoms with Crippen molar-refractivity contribution < 1.29 is 67.1 Å². The van der Waals surface area contributed by atoms with Gasteiger partial charge < -0.3 is 19.3 Å². The Labute approximate surface area is 357 Å². The average molecular weight is 885 g/mol. The second-order valence-electron chi connectivity index (χ2n) is 15.1. The standard InChI is InChI=1S/C45H58O14P2/c1-8-13-39(47)27(6)17-30(28(7)46)19-36-23-33(42(50)16-11-4)24-38(45(36)59-61(55,56)57)26-35-21-32(41(49)15-10-3)20-34(43(35)51)25-37-22-31(40(48)14-9-2)18-29(12-5)44(37)58-60(52,53)54/h17-18,20-24,47,51H,8-16,19,25-26H2,1-7H3,(H2,52,53,54)(H2,55,56,57). The molecule has 0 spiro atoms. The molecule has 0 fully saturated rings. The van der Waals surface area contributed by atoms with Gasteiger partial charge in [0.05, 0.1) is 5.76 Å². The van der Waals surface area contributed by atoms with E-state index in [0.717, 1.165) is 0 Å². The fourth-order valence-corrected chi connectivity index (χ4v) is 7.88. The summed E-state index contributed by atoms with van der Waals surface area (Å²) in [5.41, 5.74) is 1.78. The van der Waals surface area contributed by atoms with Gasteiger partial charge in [-0.1, -0.05) is 34.6 Å². The Bertz CT molecular complexity index is 2290. The zero-order valence-corrected chi connectivity index (χ0v) is 37.7. The molecular formula is C45H58O14P2. The number of phenolic OH excluding ortho intramolecular Hbond substituents is 1. The molecular weight excluding hydrogens is 826 g/mol. The van der Waals surface area contributed by atoms with Gasteiger partial charge in [0, 0.05) is 78.3 Å². The highest BCUT2D eigenvalue weighted by Gasteiger charge is 2.28. The predicted molar refractivity (Wildman–Crippen MR) is 232 cm³/mol. The minimum atomic E-state index is -5.33. The predicted octanol–water partition coefficient (Wildman–Crippen LogP) is 9.72. The molecule has 0 aromatic heterocycles. The van der Waals surface area contributed by atoms with Crippen LogP contribution in [0.1, 0.15) is 164 Å². The number of aliphatic hydroxyl groups is 1.